The van der Waals surface area contributed by atoms with E-state index in [9.17, 15) is 8.42 Å². The number of hydrogen-bond acceptors (Lipinski definition) is 5. The monoisotopic (exact) mass is 247 g/mol. The summed E-state index contributed by atoms with van der Waals surface area (Å²) < 4.78 is 29.3. The molecule has 0 saturated carbocycles. The lowest BCUT2D eigenvalue weighted by Gasteiger charge is -2.21. The number of aromatic nitrogens is 1. The van der Waals surface area contributed by atoms with Crippen LogP contribution in [-0.2, 0) is 14.6 Å². The Balaban J connectivity index is 2.04. The van der Waals surface area contributed by atoms with Gasteiger partial charge in [-0.3, -0.25) is 0 Å². The van der Waals surface area contributed by atoms with E-state index in [0.717, 1.165) is 30.6 Å². The molecule has 0 aromatic carbocycles. The maximum absolute atomic E-state index is 11.8. The number of hydrogen-bond donors (Lipinski definition) is 0. The average Bonchev–Trinajstić information content (AvgIpc) is 2.71. The van der Waals surface area contributed by atoms with Crippen LogP contribution in [-0.4, -0.2) is 31.9 Å². The fourth-order valence-corrected chi connectivity index (χ4v) is 4.05. The predicted octanol–water partition coefficient (Wildman–Crippen LogP) is 1.49. The minimum Gasteiger partial charge on any atom is -0.377 e. The molecule has 0 N–H and O–H groups in total. The topological polar surface area (TPSA) is 56.3 Å². The van der Waals surface area contributed by atoms with Gasteiger partial charge in [0.2, 0.25) is 14.2 Å². The maximum atomic E-state index is 11.8. The van der Waals surface area contributed by atoms with Crippen LogP contribution in [0.1, 0.15) is 19.3 Å². The lowest BCUT2D eigenvalue weighted by molar-refractivity contribution is 0.0305. The third kappa shape index (κ3) is 2.76. The summed E-state index contributed by atoms with van der Waals surface area (Å²) in [5.74, 6) is 0.0700. The van der Waals surface area contributed by atoms with Crippen LogP contribution in [0.25, 0.3) is 0 Å². The average molecular weight is 247 g/mol. The Morgan fingerprint density at radius 1 is 1.53 bits per heavy atom. The van der Waals surface area contributed by atoms with E-state index in [1.54, 1.807) is 5.38 Å². The molecule has 2 rings (SSSR count). The minimum absolute atomic E-state index is 0.0700. The van der Waals surface area contributed by atoms with E-state index in [4.69, 9.17) is 4.74 Å². The van der Waals surface area contributed by atoms with Crippen molar-refractivity contribution in [2.75, 3.05) is 12.4 Å². The standard InChI is InChI=1S/C9H13NO3S2/c11-15(12,9-10-4-6-14-9)7-8-3-1-2-5-13-8/h4,6,8H,1-3,5,7H2. The summed E-state index contributed by atoms with van der Waals surface area (Å²) in [5, 5.41) is 1.68. The summed E-state index contributed by atoms with van der Waals surface area (Å²) in [6, 6.07) is 0. The molecule has 1 aromatic heterocycles. The van der Waals surface area contributed by atoms with Crippen molar-refractivity contribution in [3.05, 3.63) is 11.6 Å². The van der Waals surface area contributed by atoms with Crippen LogP contribution in [0.2, 0.25) is 0 Å². The second-order valence-electron chi connectivity index (χ2n) is 3.57. The summed E-state index contributed by atoms with van der Waals surface area (Å²) in [6.45, 7) is 0.679. The van der Waals surface area contributed by atoms with E-state index in [1.807, 2.05) is 0 Å². The molecule has 0 aliphatic carbocycles. The van der Waals surface area contributed by atoms with Crippen molar-refractivity contribution in [1.82, 2.24) is 4.98 Å². The molecule has 1 aliphatic rings. The highest BCUT2D eigenvalue weighted by Crippen LogP contribution is 2.20. The Morgan fingerprint density at radius 2 is 2.40 bits per heavy atom. The van der Waals surface area contributed by atoms with E-state index >= 15 is 0 Å². The molecular weight excluding hydrogens is 234 g/mol. The molecule has 2 heterocycles. The molecular formula is C9H13NO3S2. The molecule has 15 heavy (non-hydrogen) atoms. The van der Waals surface area contributed by atoms with Gasteiger partial charge >= 0.3 is 0 Å². The second-order valence-corrected chi connectivity index (χ2v) is 6.67. The SMILES string of the molecule is O=S(=O)(CC1CCCCO1)c1nccs1. The molecule has 1 saturated heterocycles. The molecule has 84 valence electrons. The van der Waals surface area contributed by atoms with Gasteiger partial charge in [0.25, 0.3) is 0 Å². The molecule has 6 heteroatoms. The Labute approximate surface area is 93.2 Å². The van der Waals surface area contributed by atoms with Crippen LogP contribution >= 0.6 is 11.3 Å². The van der Waals surface area contributed by atoms with Crippen molar-refractivity contribution in [2.45, 2.75) is 29.7 Å². The first-order valence-corrected chi connectivity index (χ1v) is 7.45. The normalized spacial score (nSPS) is 22.8. The number of thiazole rings is 1. The van der Waals surface area contributed by atoms with Crippen molar-refractivity contribution < 1.29 is 13.2 Å². The first-order chi connectivity index (χ1) is 7.18. The van der Waals surface area contributed by atoms with Gasteiger partial charge in [0, 0.05) is 18.2 Å². The summed E-state index contributed by atoms with van der Waals surface area (Å²) in [4.78, 5) is 3.83. The minimum atomic E-state index is -3.23. The van der Waals surface area contributed by atoms with Crippen molar-refractivity contribution >= 4 is 21.2 Å². The number of nitrogens with zero attached hydrogens (tertiary/aromatic N) is 1. The molecule has 0 bridgehead atoms. The zero-order valence-electron chi connectivity index (χ0n) is 8.26. The van der Waals surface area contributed by atoms with Gasteiger partial charge < -0.3 is 4.74 Å². The molecule has 4 nitrogen and oxygen atoms in total. The Hall–Kier alpha value is -0.460. The van der Waals surface area contributed by atoms with Gasteiger partial charge in [-0.15, -0.1) is 11.3 Å². The van der Waals surface area contributed by atoms with Gasteiger partial charge in [-0.25, -0.2) is 13.4 Å². The molecule has 1 aliphatic heterocycles. The van der Waals surface area contributed by atoms with E-state index in [2.05, 4.69) is 4.98 Å². The molecule has 1 atom stereocenters. The van der Waals surface area contributed by atoms with Crippen molar-refractivity contribution in [2.24, 2.45) is 0 Å². The highest BCUT2D eigenvalue weighted by Gasteiger charge is 2.25. The van der Waals surface area contributed by atoms with Gasteiger partial charge in [-0.1, -0.05) is 0 Å². The van der Waals surface area contributed by atoms with Crippen molar-refractivity contribution in [3.63, 3.8) is 0 Å². The number of ether oxygens (including phenoxy) is 1. The Morgan fingerprint density at radius 3 is 3.00 bits per heavy atom. The highest BCUT2D eigenvalue weighted by molar-refractivity contribution is 7.93. The number of rotatable bonds is 3. The Bertz CT molecular complexity index is 393. The van der Waals surface area contributed by atoms with Gasteiger partial charge in [0.15, 0.2) is 0 Å². The smallest absolute Gasteiger partial charge is 0.209 e. The molecule has 1 unspecified atom stereocenters. The van der Waals surface area contributed by atoms with Crippen LogP contribution in [0.4, 0.5) is 0 Å². The largest absolute Gasteiger partial charge is 0.377 e. The van der Waals surface area contributed by atoms with E-state index in [-0.39, 0.29) is 16.2 Å². The van der Waals surface area contributed by atoms with Crippen LogP contribution < -0.4 is 0 Å². The lowest BCUT2D eigenvalue weighted by atomic mass is 10.1. The zero-order valence-corrected chi connectivity index (χ0v) is 9.89. The first-order valence-electron chi connectivity index (χ1n) is 4.92. The molecule has 0 spiro atoms. The summed E-state index contributed by atoms with van der Waals surface area (Å²) in [5.41, 5.74) is 0. The van der Waals surface area contributed by atoms with Gasteiger partial charge in [0.05, 0.1) is 11.9 Å². The number of sulfone groups is 1. The van der Waals surface area contributed by atoms with Crippen LogP contribution in [0.15, 0.2) is 15.9 Å². The van der Waals surface area contributed by atoms with Gasteiger partial charge in [0.1, 0.15) is 0 Å². The maximum Gasteiger partial charge on any atom is 0.209 e. The first kappa shape index (κ1) is 11.0. The summed E-state index contributed by atoms with van der Waals surface area (Å²) in [6.07, 6.45) is 4.29. The fourth-order valence-electron chi connectivity index (χ4n) is 1.62. The van der Waals surface area contributed by atoms with E-state index in [1.165, 1.54) is 6.20 Å². The quantitative estimate of drug-likeness (QED) is 0.812. The molecule has 1 fully saturated rings. The van der Waals surface area contributed by atoms with Crippen LogP contribution in [0, 0.1) is 0 Å². The summed E-state index contributed by atoms with van der Waals surface area (Å²) in [7, 11) is -3.23. The molecule has 0 radical (unpaired) electrons. The third-order valence-electron chi connectivity index (χ3n) is 2.36. The second kappa shape index (κ2) is 4.59. The predicted molar refractivity (Wildman–Crippen MR) is 57.8 cm³/mol. The van der Waals surface area contributed by atoms with Gasteiger partial charge in [-0.05, 0) is 19.3 Å². The van der Waals surface area contributed by atoms with Crippen molar-refractivity contribution in [3.8, 4) is 0 Å². The van der Waals surface area contributed by atoms with Crippen molar-refractivity contribution in [1.29, 1.82) is 0 Å². The summed E-state index contributed by atoms with van der Waals surface area (Å²) >= 11 is 1.16. The fraction of sp³-hybridized carbons (Fsp3) is 0.667. The van der Waals surface area contributed by atoms with E-state index < -0.39 is 9.84 Å². The zero-order chi connectivity index (χ0) is 10.7. The van der Waals surface area contributed by atoms with Gasteiger partial charge in [-0.2, -0.15) is 0 Å². The molecule has 0 amide bonds. The Kier molecular flexibility index (Phi) is 3.38. The van der Waals surface area contributed by atoms with E-state index in [0.29, 0.717) is 6.61 Å². The highest BCUT2D eigenvalue weighted by atomic mass is 32.2. The van der Waals surface area contributed by atoms with Crippen LogP contribution in [0.3, 0.4) is 0 Å². The molecule has 1 aromatic rings. The third-order valence-corrected chi connectivity index (χ3v) is 5.42. The van der Waals surface area contributed by atoms with Crippen LogP contribution in [0.5, 0.6) is 0 Å². The lowest BCUT2D eigenvalue weighted by Crippen LogP contribution is -2.27.